The predicted molar refractivity (Wildman–Crippen MR) is 86.4 cm³/mol. The monoisotopic (exact) mass is 390 g/mol. The summed E-state index contributed by atoms with van der Waals surface area (Å²) >= 11 is 35.7. The van der Waals surface area contributed by atoms with Crippen LogP contribution in [0, 0.1) is 5.82 Å². The van der Waals surface area contributed by atoms with E-state index in [2.05, 4.69) is 0 Å². The summed E-state index contributed by atoms with van der Waals surface area (Å²) in [5.74, 6) is -0.401. The van der Waals surface area contributed by atoms with Crippen LogP contribution in [0.2, 0.25) is 25.1 Å². The third-order valence-corrected chi connectivity index (χ3v) is 5.26. The van der Waals surface area contributed by atoms with E-state index in [1.807, 2.05) is 0 Å². The lowest BCUT2D eigenvalue weighted by atomic mass is 10.0. The van der Waals surface area contributed by atoms with Crippen LogP contribution in [0.1, 0.15) is 5.56 Å². The highest BCUT2D eigenvalue weighted by atomic mass is 35.5. The number of hydrogen-bond acceptors (Lipinski definition) is 0. The lowest BCUT2D eigenvalue weighted by Gasteiger charge is -2.13. The molecule has 0 aliphatic carbocycles. The summed E-state index contributed by atoms with van der Waals surface area (Å²) in [6.07, 6.45) is 0. The number of benzene rings is 2. The third-order valence-electron chi connectivity index (χ3n) is 2.70. The molecule has 0 saturated carbocycles. The Hall–Kier alpha value is 0.110. The van der Waals surface area contributed by atoms with Crippen molar-refractivity contribution < 1.29 is 4.39 Å². The number of rotatable bonds is 2. The zero-order valence-electron chi connectivity index (χ0n) is 9.58. The van der Waals surface area contributed by atoms with Gasteiger partial charge in [0.1, 0.15) is 5.82 Å². The van der Waals surface area contributed by atoms with Gasteiger partial charge in [-0.15, -0.1) is 11.6 Å². The maximum atomic E-state index is 13.8. The summed E-state index contributed by atoms with van der Waals surface area (Å²) in [5.41, 5.74) is 1.13. The minimum atomic E-state index is -0.466. The summed E-state index contributed by atoms with van der Waals surface area (Å²) in [6, 6.07) is 4.44. The van der Waals surface area contributed by atoms with E-state index in [0.717, 1.165) is 0 Å². The van der Waals surface area contributed by atoms with Gasteiger partial charge in [-0.25, -0.2) is 4.39 Å². The first kappa shape index (κ1) is 16.5. The normalized spacial score (nSPS) is 10.9. The minimum Gasteiger partial charge on any atom is -0.207 e. The molecule has 0 amide bonds. The maximum Gasteiger partial charge on any atom is 0.128 e. The summed E-state index contributed by atoms with van der Waals surface area (Å²) in [5, 5.41) is 0.428. The topological polar surface area (TPSA) is 0 Å². The molecule has 0 fully saturated rings. The highest BCUT2D eigenvalue weighted by molar-refractivity contribution is 6.56. The quantitative estimate of drug-likeness (QED) is 0.282. The Bertz CT molecular complexity index is 654. The van der Waals surface area contributed by atoms with Crippen LogP contribution in [-0.2, 0) is 5.88 Å². The predicted octanol–water partition coefficient (Wildman–Crippen LogP) is 7.50. The molecule has 0 bridgehead atoms. The molecule has 0 spiro atoms. The summed E-state index contributed by atoms with van der Waals surface area (Å²) in [4.78, 5) is 0. The second-order valence-corrected chi connectivity index (χ2v) is 6.04. The van der Waals surface area contributed by atoms with Crippen LogP contribution in [0.5, 0.6) is 0 Å². The van der Waals surface area contributed by atoms with Crippen LogP contribution < -0.4 is 0 Å². The Morgan fingerprint density at radius 2 is 1.30 bits per heavy atom. The van der Waals surface area contributed by atoms with E-state index in [4.69, 9.17) is 69.6 Å². The van der Waals surface area contributed by atoms with Crippen molar-refractivity contribution in [2.45, 2.75) is 5.88 Å². The van der Waals surface area contributed by atoms with Gasteiger partial charge in [0.05, 0.1) is 31.0 Å². The van der Waals surface area contributed by atoms with Crippen molar-refractivity contribution in [2.24, 2.45) is 0 Å². The van der Waals surface area contributed by atoms with Crippen molar-refractivity contribution in [2.75, 3.05) is 0 Å². The molecule has 0 nitrogen and oxygen atoms in total. The lowest BCUT2D eigenvalue weighted by molar-refractivity contribution is 0.617. The summed E-state index contributed by atoms with van der Waals surface area (Å²) in [7, 11) is 0. The molecule has 0 aliphatic rings. The first-order chi connectivity index (χ1) is 9.38. The molecule has 0 atom stereocenters. The molecule has 20 heavy (non-hydrogen) atoms. The van der Waals surface area contributed by atoms with E-state index in [0.29, 0.717) is 16.7 Å². The van der Waals surface area contributed by atoms with Gasteiger partial charge in [0.2, 0.25) is 0 Å². The van der Waals surface area contributed by atoms with E-state index in [-0.39, 0.29) is 31.0 Å². The highest BCUT2D eigenvalue weighted by Gasteiger charge is 2.21. The van der Waals surface area contributed by atoms with Crippen LogP contribution in [0.25, 0.3) is 11.1 Å². The fraction of sp³-hybridized carbons (Fsp3) is 0.0769. The van der Waals surface area contributed by atoms with Gasteiger partial charge in [0.15, 0.2) is 0 Å². The van der Waals surface area contributed by atoms with E-state index < -0.39 is 5.82 Å². The molecule has 0 aliphatic heterocycles. The van der Waals surface area contributed by atoms with Gasteiger partial charge < -0.3 is 0 Å². The number of hydrogen-bond donors (Lipinski definition) is 0. The van der Waals surface area contributed by atoms with E-state index >= 15 is 0 Å². The smallest absolute Gasteiger partial charge is 0.128 e. The lowest BCUT2D eigenvalue weighted by Crippen LogP contribution is -1.91. The highest BCUT2D eigenvalue weighted by Crippen LogP contribution is 2.48. The molecule has 2 rings (SSSR count). The third kappa shape index (κ3) is 2.85. The average Bonchev–Trinajstić information content (AvgIpc) is 2.43. The van der Waals surface area contributed by atoms with Gasteiger partial charge in [0, 0.05) is 11.1 Å². The Kier molecular flexibility index (Phi) is 5.34. The molecule has 2 aromatic rings. The molecule has 7 heteroatoms. The van der Waals surface area contributed by atoms with Gasteiger partial charge in [-0.2, -0.15) is 0 Å². The van der Waals surface area contributed by atoms with Crippen LogP contribution in [-0.4, -0.2) is 0 Å². The first-order valence-electron chi connectivity index (χ1n) is 5.24. The summed E-state index contributed by atoms with van der Waals surface area (Å²) in [6.45, 7) is 0. The second kappa shape index (κ2) is 6.48. The maximum absolute atomic E-state index is 13.8. The molecular weight excluding hydrogens is 388 g/mol. The fourth-order valence-electron chi connectivity index (χ4n) is 1.67. The second-order valence-electron chi connectivity index (χ2n) is 3.88. The molecule has 0 N–H and O–H groups in total. The van der Waals surface area contributed by atoms with Crippen LogP contribution in [0.3, 0.4) is 0 Å². The van der Waals surface area contributed by atoms with Crippen LogP contribution in [0.15, 0.2) is 18.2 Å². The van der Waals surface area contributed by atoms with Crippen molar-refractivity contribution in [3.8, 4) is 11.1 Å². The van der Waals surface area contributed by atoms with E-state index in [1.54, 1.807) is 12.1 Å². The van der Waals surface area contributed by atoms with Crippen molar-refractivity contribution in [3.05, 3.63) is 54.7 Å². The van der Waals surface area contributed by atoms with Crippen LogP contribution >= 0.6 is 69.6 Å². The Morgan fingerprint density at radius 3 is 1.75 bits per heavy atom. The molecular formula is C13H5Cl6F. The van der Waals surface area contributed by atoms with E-state index in [9.17, 15) is 4.39 Å². The van der Waals surface area contributed by atoms with Crippen molar-refractivity contribution >= 4 is 69.6 Å². The minimum absolute atomic E-state index is 0.0601. The standard InChI is InChI=1S/C13H5Cl6F/c14-4-6-2-1-5(3-7(6)20)8-9(15)11(17)13(19)12(18)10(8)16/h1-3H,4H2. The van der Waals surface area contributed by atoms with Crippen LogP contribution in [0.4, 0.5) is 4.39 Å². The van der Waals surface area contributed by atoms with Gasteiger partial charge >= 0.3 is 0 Å². The van der Waals surface area contributed by atoms with E-state index in [1.165, 1.54) is 6.07 Å². The van der Waals surface area contributed by atoms with Crippen molar-refractivity contribution in [3.63, 3.8) is 0 Å². The Labute approximate surface area is 145 Å². The van der Waals surface area contributed by atoms with Gasteiger partial charge in [-0.1, -0.05) is 70.1 Å². The summed E-state index contributed by atoms with van der Waals surface area (Å²) < 4.78 is 13.8. The molecule has 0 radical (unpaired) electrons. The SMILES string of the molecule is Fc1cc(-c2c(Cl)c(Cl)c(Cl)c(Cl)c2Cl)ccc1CCl. The zero-order chi connectivity index (χ0) is 15.0. The Morgan fingerprint density at radius 1 is 0.800 bits per heavy atom. The number of alkyl halides is 1. The molecule has 0 heterocycles. The molecule has 2 aromatic carbocycles. The Balaban J connectivity index is 2.73. The van der Waals surface area contributed by atoms with Gasteiger partial charge in [-0.05, 0) is 11.6 Å². The van der Waals surface area contributed by atoms with Crippen molar-refractivity contribution in [1.29, 1.82) is 0 Å². The first-order valence-corrected chi connectivity index (χ1v) is 7.67. The van der Waals surface area contributed by atoms with Gasteiger partial charge in [0.25, 0.3) is 0 Å². The largest absolute Gasteiger partial charge is 0.207 e. The number of halogens is 7. The van der Waals surface area contributed by atoms with Crippen molar-refractivity contribution in [1.82, 2.24) is 0 Å². The molecule has 0 unspecified atom stereocenters. The average molecular weight is 393 g/mol. The molecule has 0 aromatic heterocycles. The zero-order valence-corrected chi connectivity index (χ0v) is 14.1. The molecule has 106 valence electrons. The molecule has 0 saturated heterocycles. The van der Waals surface area contributed by atoms with Gasteiger partial charge in [-0.3, -0.25) is 0 Å². The fourth-order valence-corrected chi connectivity index (χ4v) is 3.24.